The van der Waals surface area contributed by atoms with E-state index in [4.69, 9.17) is 4.42 Å². The summed E-state index contributed by atoms with van der Waals surface area (Å²) < 4.78 is 5.19. The molecule has 0 spiro atoms. The molecule has 0 bridgehead atoms. The molecule has 2 rings (SSSR count). The fourth-order valence-electron chi connectivity index (χ4n) is 2.32. The van der Waals surface area contributed by atoms with Crippen molar-refractivity contribution in [2.45, 2.75) is 33.3 Å². The minimum Gasteiger partial charge on any atom is -0.422 e. The lowest BCUT2D eigenvalue weighted by Gasteiger charge is -2.14. The number of carbonyl (C=O) groups is 1. The van der Waals surface area contributed by atoms with Crippen LogP contribution in [0.2, 0.25) is 0 Å². The predicted molar refractivity (Wildman–Crippen MR) is 85.0 cm³/mol. The molecule has 0 fully saturated rings. The highest BCUT2D eigenvalue weighted by atomic mass is 16.4. The summed E-state index contributed by atoms with van der Waals surface area (Å²) >= 11 is 0. The minimum atomic E-state index is -0.641. The van der Waals surface area contributed by atoms with Gasteiger partial charge in [-0.3, -0.25) is 4.79 Å². The summed E-state index contributed by atoms with van der Waals surface area (Å²) in [6.07, 6.45) is -0.0316. The molecule has 118 valence electrons. The van der Waals surface area contributed by atoms with E-state index in [0.29, 0.717) is 24.1 Å². The van der Waals surface area contributed by atoms with Gasteiger partial charge in [-0.15, -0.1) is 0 Å². The average Bonchev–Trinajstić information content (AvgIpc) is 2.47. The van der Waals surface area contributed by atoms with Crippen LogP contribution < -0.4 is 10.9 Å². The summed E-state index contributed by atoms with van der Waals surface area (Å²) in [5.41, 5.74) is 0.460. The first kappa shape index (κ1) is 16.2. The smallest absolute Gasteiger partial charge is 0.349 e. The summed E-state index contributed by atoms with van der Waals surface area (Å²) in [5, 5.41) is 13.1. The molecule has 22 heavy (non-hydrogen) atoms. The average molecular weight is 303 g/mol. The molecule has 0 aliphatic heterocycles. The van der Waals surface area contributed by atoms with Crippen molar-refractivity contribution < 1.29 is 14.3 Å². The number of aliphatic hydroxyl groups is 1. The van der Waals surface area contributed by atoms with Gasteiger partial charge in [0.15, 0.2) is 0 Å². The molecular formula is C17H21NO4. The molecule has 1 aromatic carbocycles. The Balaban J connectivity index is 2.20. The molecule has 0 aliphatic carbocycles. The Labute approximate surface area is 129 Å². The SMILES string of the molecule is Cc1c(C(=O)NCCC(O)C(C)C)c(=O)oc2ccccc12. The molecule has 0 saturated carbocycles. The summed E-state index contributed by atoms with van der Waals surface area (Å²) in [6.45, 7) is 5.87. The molecular weight excluding hydrogens is 282 g/mol. The van der Waals surface area contributed by atoms with E-state index in [2.05, 4.69) is 5.32 Å². The highest BCUT2D eigenvalue weighted by molar-refractivity contribution is 5.99. The number of hydrogen-bond acceptors (Lipinski definition) is 4. The second-order valence-corrected chi connectivity index (χ2v) is 5.74. The Morgan fingerprint density at radius 1 is 1.32 bits per heavy atom. The first-order valence-corrected chi connectivity index (χ1v) is 7.40. The lowest BCUT2D eigenvalue weighted by atomic mass is 10.0. The van der Waals surface area contributed by atoms with Gasteiger partial charge in [0.1, 0.15) is 11.1 Å². The van der Waals surface area contributed by atoms with Crippen molar-refractivity contribution in [1.82, 2.24) is 5.32 Å². The van der Waals surface area contributed by atoms with Crippen LogP contribution in [0.1, 0.15) is 36.2 Å². The number of carbonyl (C=O) groups excluding carboxylic acids is 1. The summed E-state index contributed by atoms with van der Waals surface area (Å²) in [7, 11) is 0. The summed E-state index contributed by atoms with van der Waals surface area (Å²) in [5.74, 6) is -0.336. The second kappa shape index (κ2) is 6.75. The topological polar surface area (TPSA) is 79.5 Å². The van der Waals surface area contributed by atoms with Crippen LogP contribution in [0.15, 0.2) is 33.5 Å². The zero-order valence-corrected chi connectivity index (χ0v) is 13.1. The van der Waals surface area contributed by atoms with Crippen molar-refractivity contribution in [2.24, 2.45) is 5.92 Å². The van der Waals surface area contributed by atoms with Gasteiger partial charge in [0.05, 0.1) is 6.10 Å². The van der Waals surface area contributed by atoms with Gasteiger partial charge < -0.3 is 14.8 Å². The number of nitrogens with one attached hydrogen (secondary N) is 1. The van der Waals surface area contributed by atoms with Crippen molar-refractivity contribution in [1.29, 1.82) is 0 Å². The Bertz CT molecular complexity index is 733. The third-order valence-corrected chi connectivity index (χ3v) is 3.80. The molecule has 2 N–H and O–H groups in total. The predicted octanol–water partition coefficient (Wildman–Crippen LogP) is 2.24. The largest absolute Gasteiger partial charge is 0.422 e. The number of aliphatic hydroxyl groups excluding tert-OH is 1. The lowest BCUT2D eigenvalue weighted by Crippen LogP contribution is -2.32. The molecule has 5 heteroatoms. The number of fused-ring (bicyclic) bond motifs is 1. The Hall–Kier alpha value is -2.14. The van der Waals surface area contributed by atoms with Gasteiger partial charge in [-0.05, 0) is 30.9 Å². The number of hydrogen-bond donors (Lipinski definition) is 2. The van der Waals surface area contributed by atoms with Crippen LogP contribution in [0.3, 0.4) is 0 Å². The zero-order valence-electron chi connectivity index (χ0n) is 13.1. The molecule has 1 atom stereocenters. The molecule has 1 unspecified atom stereocenters. The number of rotatable bonds is 5. The van der Waals surface area contributed by atoms with Gasteiger partial charge in [0, 0.05) is 11.9 Å². The van der Waals surface area contributed by atoms with Crippen molar-refractivity contribution in [3.63, 3.8) is 0 Å². The number of benzene rings is 1. The van der Waals surface area contributed by atoms with E-state index < -0.39 is 17.6 Å². The zero-order chi connectivity index (χ0) is 16.3. The van der Waals surface area contributed by atoms with Crippen molar-refractivity contribution in [3.05, 3.63) is 45.8 Å². The van der Waals surface area contributed by atoms with Gasteiger partial charge in [-0.2, -0.15) is 0 Å². The van der Waals surface area contributed by atoms with Gasteiger partial charge >= 0.3 is 5.63 Å². The Morgan fingerprint density at radius 3 is 2.68 bits per heavy atom. The van der Waals surface area contributed by atoms with Crippen LogP contribution in [-0.2, 0) is 0 Å². The van der Waals surface area contributed by atoms with E-state index >= 15 is 0 Å². The maximum atomic E-state index is 12.2. The molecule has 1 heterocycles. The van der Waals surface area contributed by atoms with Crippen LogP contribution in [-0.4, -0.2) is 23.7 Å². The molecule has 1 amide bonds. The molecule has 0 aliphatic rings. The third-order valence-electron chi connectivity index (χ3n) is 3.80. The van der Waals surface area contributed by atoms with Crippen LogP contribution in [0.4, 0.5) is 0 Å². The summed E-state index contributed by atoms with van der Waals surface area (Å²) in [6, 6.07) is 7.12. The normalized spacial score (nSPS) is 12.6. The van der Waals surface area contributed by atoms with E-state index in [0.717, 1.165) is 5.39 Å². The maximum absolute atomic E-state index is 12.2. The first-order valence-electron chi connectivity index (χ1n) is 7.40. The van der Waals surface area contributed by atoms with Crippen molar-refractivity contribution in [2.75, 3.05) is 6.54 Å². The summed E-state index contributed by atoms with van der Waals surface area (Å²) in [4.78, 5) is 24.3. The molecule has 2 aromatic rings. The number of para-hydroxylation sites is 1. The molecule has 5 nitrogen and oxygen atoms in total. The van der Waals surface area contributed by atoms with Crippen LogP contribution in [0.25, 0.3) is 11.0 Å². The lowest BCUT2D eigenvalue weighted by molar-refractivity contribution is 0.0916. The highest BCUT2D eigenvalue weighted by Crippen LogP contribution is 2.18. The second-order valence-electron chi connectivity index (χ2n) is 5.74. The minimum absolute atomic E-state index is 0.0257. The van der Waals surface area contributed by atoms with E-state index in [9.17, 15) is 14.7 Å². The Morgan fingerprint density at radius 2 is 2.00 bits per heavy atom. The first-order chi connectivity index (χ1) is 10.4. The number of amides is 1. The van der Waals surface area contributed by atoms with Crippen molar-refractivity contribution in [3.8, 4) is 0 Å². The van der Waals surface area contributed by atoms with E-state index in [1.54, 1.807) is 19.1 Å². The monoisotopic (exact) mass is 303 g/mol. The van der Waals surface area contributed by atoms with E-state index in [1.807, 2.05) is 26.0 Å². The van der Waals surface area contributed by atoms with Gasteiger partial charge in [-0.25, -0.2) is 4.79 Å². The van der Waals surface area contributed by atoms with Crippen LogP contribution >= 0.6 is 0 Å². The molecule has 0 radical (unpaired) electrons. The van der Waals surface area contributed by atoms with Crippen molar-refractivity contribution >= 4 is 16.9 Å². The fourth-order valence-corrected chi connectivity index (χ4v) is 2.32. The maximum Gasteiger partial charge on any atom is 0.349 e. The number of aryl methyl sites for hydroxylation is 1. The van der Waals surface area contributed by atoms with Crippen LogP contribution in [0, 0.1) is 12.8 Å². The fraction of sp³-hybridized carbons (Fsp3) is 0.412. The quantitative estimate of drug-likeness (QED) is 0.830. The standard InChI is InChI=1S/C17H21NO4/c1-10(2)13(19)8-9-18-16(20)15-11(3)12-6-4-5-7-14(12)22-17(15)21/h4-7,10,13,19H,8-9H2,1-3H3,(H,18,20). The highest BCUT2D eigenvalue weighted by Gasteiger charge is 2.18. The Kier molecular flexibility index (Phi) is 4.98. The van der Waals surface area contributed by atoms with E-state index in [-0.39, 0.29) is 11.5 Å². The molecule has 0 saturated heterocycles. The van der Waals surface area contributed by atoms with Gasteiger partial charge in [0.25, 0.3) is 5.91 Å². The third kappa shape index (κ3) is 3.36. The van der Waals surface area contributed by atoms with Gasteiger partial charge in [0.2, 0.25) is 0 Å². The van der Waals surface area contributed by atoms with Gasteiger partial charge in [-0.1, -0.05) is 32.0 Å². The molecule has 1 aromatic heterocycles. The van der Waals surface area contributed by atoms with Crippen LogP contribution in [0.5, 0.6) is 0 Å². The van der Waals surface area contributed by atoms with E-state index in [1.165, 1.54) is 0 Å².